The van der Waals surface area contributed by atoms with Gasteiger partial charge in [-0.2, -0.15) is 18.3 Å². The highest BCUT2D eigenvalue weighted by atomic mass is 127. The van der Waals surface area contributed by atoms with Crippen molar-refractivity contribution in [3.05, 3.63) is 47.8 Å². The maximum absolute atomic E-state index is 12.8. The number of rotatable bonds is 6. The molecule has 1 saturated heterocycles. The van der Waals surface area contributed by atoms with E-state index in [2.05, 4.69) is 20.3 Å². The minimum Gasteiger partial charge on any atom is -0.492 e. The number of guanidine groups is 1. The average Bonchev–Trinajstić information content (AvgIpc) is 3.16. The predicted molar refractivity (Wildman–Crippen MR) is 122 cm³/mol. The van der Waals surface area contributed by atoms with Crippen molar-refractivity contribution in [1.29, 1.82) is 0 Å². The Hall–Kier alpha value is -2.02. The zero-order valence-corrected chi connectivity index (χ0v) is 19.8. The van der Waals surface area contributed by atoms with Crippen molar-refractivity contribution in [3.63, 3.8) is 0 Å². The van der Waals surface area contributed by atoms with Crippen LogP contribution in [0.5, 0.6) is 5.75 Å². The first-order valence-electron chi connectivity index (χ1n) is 9.80. The largest absolute Gasteiger partial charge is 0.492 e. The molecule has 1 unspecified atom stereocenters. The summed E-state index contributed by atoms with van der Waals surface area (Å²) in [4.78, 5) is 6.67. The fourth-order valence-electron chi connectivity index (χ4n) is 3.15. The average molecular weight is 553 g/mol. The molecule has 1 N–H and O–H groups in total. The summed E-state index contributed by atoms with van der Waals surface area (Å²) in [5, 5.41) is 7.45. The highest BCUT2D eigenvalue weighted by Crippen LogP contribution is 2.31. The fourth-order valence-corrected chi connectivity index (χ4v) is 3.15. The maximum Gasteiger partial charge on any atom is 0.416 e. The van der Waals surface area contributed by atoms with Crippen molar-refractivity contribution < 1.29 is 22.6 Å². The first kappa shape index (κ1) is 25.2. The number of hydrogen-bond donors (Lipinski definition) is 1. The molecule has 1 aromatic carbocycles. The third kappa shape index (κ3) is 7.27. The Morgan fingerprint density at radius 3 is 2.87 bits per heavy atom. The van der Waals surface area contributed by atoms with Crippen molar-refractivity contribution in [3.8, 4) is 5.75 Å². The Labute approximate surface area is 196 Å². The molecular weight excluding hydrogens is 526 g/mol. The molecule has 0 aliphatic carbocycles. The van der Waals surface area contributed by atoms with E-state index in [1.54, 1.807) is 10.9 Å². The summed E-state index contributed by atoms with van der Waals surface area (Å²) >= 11 is 0. The highest BCUT2D eigenvalue weighted by molar-refractivity contribution is 14.0. The number of morpholine rings is 1. The molecule has 0 amide bonds. The summed E-state index contributed by atoms with van der Waals surface area (Å²) in [6, 6.07) is 4.85. The first-order valence-corrected chi connectivity index (χ1v) is 9.80. The molecular formula is C20H27F3IN5O2. The zero-order valence-electron chi connectivity index (χ0n) is 17.4. The number of aryl methyl sites for hydroxylation is 1. The van der Waals surface area contributed by atoms with Crippen LogP contribution in [0.15, 0.2) is 41.7 Å². The fraction of sp³-hybridized carbons (Fsp3) is 0.500. The molecule has 0 bridgehead atoms. The molecule has 1 fully saturated rings. The number of alkyl halides is 3. The number of hydrogen-bond acceptors (Lipinski definition) is 4. The van der Waals surface area contributed by atoms with E-state index >= 15 is 0 Å². The zero-order chi connectivity index (χ0) is 21.6. The second-order valence-electron chi connectivity index (χ2n) is 6.86. The van der Waals surface area contributed by atoms with E-state index in [0.717, 1.165) is 23.7 Å². The number of benzene rings is 1. The van der Waals surface area contributed by atoms with Crippen LogP contribution in [0.25, 0.3) is 0 Å². The lowest BCUT2D eigenvalue weighted by atomic mass is 10.1. The number of ether oxygens (including phenoxy) is 2. The number of nitrogens with one attached hydrogen (secondary N) is 1. The second-order valence-corrected chi connectivity index (χ2v) is 6.86. The van der Waals surface area contributed by atoms with E-state index < -0.39 is 11.7 Å². The normalized spacial score (nSPS) is 17.3. The lowest BCUT2D eigenvalue weighted by molar-refractivity contribution is -0.137. The molecule has 2 heterocycles. The first-order chi connectivity index (χ1) is 14.4. The summed E-state index contributed by atoms with van der Waals surface area (Å²) in [5.41, 5.74) is 0.275. The van der Waals surface area contributed by atoms with Crippen LogP contribution in [0.2, 0.25) is 0 Å². The van der Waals surface area contributed by atoms with Gasteiger partial charge in [0.25, 0.3) is 0 Å². The minimum atomic E-state index is -4.39. The lowest BCUT2D eigenvalue weighted by Crippen LogP contribution is -2.48. The third-order valence-corrected chi connectivity index (χ3v) is 4.58. The van der Waals surface area contributed by atoms with Crippen LogP contribution in [-0.2, 0) is 18.0 Å². The van der Waals surface area contributed by atoms with E-state index in [1.165, 1.54) is 12.1 Å². The Bertz CT molecular complexity index is 859. The van der Waals surface area contributed by atoms with Crippen LogP contribution in [-0.4, -0.2) is 60.0 Å². The molecule has 1 aliphatic heterocycles. The Morgan fingerprint density at radius 1 is 1.39 bits per heavy atom. The van der Waals surface area contributed by atoms with Gasteiger partial charge in [0.1, 0.15) is 18.5 Å². The van der Waals surface area contributed by atoms with E-state index in [9.17, 15) is 13.2 Å². The number of nitrogens with zero attached hydrogens (tertiary/aromatic N) is 4. The van der Waals surface area contributed by atoms with Gasteiger partial charge in [-0.05, 0) is 25.1 Å². The lowest BCUT2D eigenvalue weighted by Gasteiger charge is -2.34. The molecule has 0 saturated carbocycles. The van der Waals surface area contributed by atoms with Gasteiger partial charge in [-0.15, -0.1) is 24.0 Å². The molecule has 3 rings (SSSR count). The number of halogens is 4. The molecule has 7 nitrogen and oxygen atoms in total. The van der Waals surface area contributed by atoms with Gasteiger partial charge in [-0.3, -0.25) is 4.68 Å². The minimum absolute atomic E-state index is 0. The molecule has 2 aromatic rings. The molecule has 1 aromatic heterocycles. The SMILES string of the molecule is CCNC(=NCCOc1cccc(C(F)(F)F)c1)N1CCOC(c2cnn(C)c2)C1.I. The van der Waals surface area contributed by atoms with E-state index in [1.807, 2.05) is 20.2 Å². The highest BCUT2D eigenvalue weighted by Gasteiger charge is 2.30. The molecule has 1 aliphatic rings. The molecule has 31 heavy (non-hydrogen) atoms. The van der Waals surface area contributed by atoms with E-state index in [4.69, 9.17) is 9.47 Å². The molecule has 11 heteroatoms. The quantitative estimate of drug-likeness (QED) is 0.257. The second kappa shape index (κ2) is 11.6. The van der Waals surface area contributed by atoms with Crippen LogP contribution in [0.1, 0.15) is 24.2 Å². The Balaban J connectivity index is 0.00000341. The van der Waals surface area contributed by atoms with Gasteiger partial charge in [0.05, 0.1) is 31.5 Å². The monoisotopic (exact) mass is 553 g/mol. The Kier molecular flexibility index (Phi) is 9.41. The third-order valence-electron chi connectivity index (χ3n) is 4.58. The van der Waals surface area contributed by atoms with Crippen molar-refractivity contribution in [2.24, 2.45) is 12.0 Å². The van der Waals surface area contributed by atoms with Crippen molar-refractivity contribution in [2.75, 3.05) is 39.4 Å². The van der Waals surface area contributed by atoms with Crippen LogP contribution in [0.4, 0.5) is 13.2 Å². The summed E-state index contributed by atoms with van der Waals surface area (Å²) < 4.78 is 51.5. The molecule has 0 spiro atoms. The standard InChI is InChI=1S/C20H26F3N5O2.HI/c1-3-24-19(28-8-10-30-18(14-28)15-12-26-27(2)13-15)25-7-9-29-17-6-4-5-16(11-17)20(21,22)23;/h4-6,11-13,18H,3,7-10,14H2,1-2H3,(H,24,25);1H. The van der Waals surface area contributed by atoms with E-state index in [0.29, 0.717) is 32.8 Å². The van der Waals surface area contributed by atoms with Crippen molar-refractivity contribution in [1.82, 2.24) is 20.0 Å². The van der Waals surface area contributed by atoms with Gasteiger partial charge in [0, 0.05) is 31.9 Å². The van der Waals surface area contributed by atoms with Gasteiger partial charge in [0.2, 0.25) is 0 Å². The predicted octanol–water partition coefficient (Wildman–Crippen LogP) is 3.47. The summed E-state index contributed by atoms with van der Waals surface area (Å²) in [6.45, 7) is 5.05. The maximum atomic E-state index is 12.8. The smallest absolute Gasteiger partial charge is 0.416 e. The van der Waals surface area contributed by atoms with E-state index in [-0.39, 0.29) is 42.4 Å². The van der Waals surface area contributed by atoms with Gasteiger partial charge in [-0.1, -0.05) is 6.07 Å². The topological polar surface area (TPSA) is 63.9 Å². The van der Waals surface area contributed by atoms with Gasteiger partial charge < -0.3 is 19.7 Å². The molecule has 0 radical (unpaired) electrons. The van der Waals surface area contributed by atoms with Crippen LogP contribution in [0.3, 0.4) is 0 Å². The van der Waals surface area contributed by atoms with Gasteiger partial charge in [-0.25, -0.2) is 4.99 Å². The van der Waals surface area contributed by atoms with Gasteiger partial charge >= 0.3 is 6.18 Å². The molecule has 172 valence electrons. The van der Waals surface area contributed by atoms with Crippen molar-refractivity contribution >= 4 is 29.9 Å². The number of aromatic nitrogens is 2. The summed E-state index contributed by atoms with van der Waals surface area (Å²) in [5.74, 6) is 0.898. The summed E-state index contributed by atoms with van der Waals surface area (Å²) in [6.07, 6.45) is -0.767. The number of aliphatic imine (C=N–C) groups is 1. The van der Waals surface area contributed by atoms with Crippen LogP contribution >= 0.6 is 24.0 Å². The molecule has 1 atom stereocenters. The summed E-state index contributed by atoms with van der Waals surface area (Å²) in [7, 11) is 1.86. The van der Waals surface area contributed by atoms with Crippen LogP contribution in [0, 0.1) is 0 Å². The van der Waals surface area contributed by atoms with Crippen molar-refractivity contribution in [2.45, 2.75) is 19.2 Å². The van der Waals surface area contributed by atoms with Gasteiger partial charge in [0.15, 0.2) is 5.96 Å². The Morgan fingerprint density at radius 2 is 2.19 bits per heavy atom. The van der Waals surface area contributed by atoms with Crippen LogP contribution < -0.4 is 10.1 Å².